The van der Waals surface area contributed by atoms with E-state index in [1.54, 1.807) is 16.7 Å². The van der Waals surface area contributed by atoms with Gasteiger partial charge in [0.25, 0.3) is 5.91 Å². The first-order chi connectivity index (χ1) is 10.8. The molecule has 1 aliphatic carbocycles. The Morgan fingerprint density at radius 2 is 2.05 bits per heavy atom. The van der Waals surface area contributed by atoms with Crippen LogP contribution in [0.1, 0.15) is 36.9 Å². The summed E-state index contributed by atoms with van der Waals surface area (Å²) in [7, 11) is 1.62. The number of hydrogen-bond acceptors (Lipinski definition) is 4. The molecular weight excluding hydrogens is 280 g/mol. The normalized spacial score (nSPS) is 21.4. The Balaban J connectivity index is 1.59. The molecule has 2 aliphatic rings. The van der Waals surface area contributed by atoms with Crippen LogP contribution in [0.2, 0.25) is 0 Å². The van der Waals surface area contributed by atoms with E-state index in [2.05, 4.69) is 10.3 Å². The number of para-hydroxylation sites is 2. The molecule has 4 rings (SSSR count). The van der Waals surface area contributed by atoms with Crippen molar-refractivity contribution in [2.45, 2.75) is 31.2 Å². The summed E-state index contributed by atoms with van der Waals surface area (Å²) >= 11 is 0. The van der Waals surface area contributed by atoms with Gasteiger partial charge in [-0.2, -0.15) is 0 Å². The summed E-state index contributed by atoms with van der Waals surface area (Å²) in [4.78, 5) is 14.5. The highest BCUT2D eigenvalue weighted by molar-refractivity contribution is 5.99. The molecule has 1 aliphatic heterocycles. The zero-order valence-corrected chi connectivity index (χ0v) is 12.5. The maximum absolute atomic E-state index is 12.8. The average molecular weight is 298 g/mol. The number of methoxy groups -OCH3 is 1. The van der Waals surface area contributed by atoms with E-state index < -0.39 is 0 Å². The quantitative estimate of drug-likeness (QED) is 0.867. The number of ether oxygens (including phenoxy) is 1. The van der Waals surface area contributed by atoms with Gasteiger partial charge in [-0.05, 0) is 31.4 Å². The Morgan fingerprint density at radius 1 is 1.23 bits per heavy atom. The molecule has 0 bridgehead atoms. The fourth-order valence-corrected chi connectivity index (χ4v) is 3.01. The van der Waals surface area contributed by atoms with Crippen LogP contribution in [-0.4, -0.2) is 34.6 Å². The van der Waals surface area contributed by atoms with Crippen molar-refractivity contribution in [2.75, 3.05) is 18.6 Å². The second-order valence-corrected chi connectivity index (χ2v) is 5.86. The van der Waals surface area contributed by atoms with E-state index in [4.69, 9.17) is 4.74 Å². The van der Waals surface area contributed by atoms with Crippen molar-refractivity contribution in [1.82, 2.24) is 15.0 Å². The molecule has 1 saturated carbocycles. The number of anilines is 1. The van der Waals surface area contributed by atoms with Crippen LogP contribution in [0.15, 0.2) is 30.5 Å². The van der Waals surface area contributed by atoms with Gasteiger partial charge in [-0.25, -0.2) is 4.68 Å². The predicted molar refractivity (Wildman–Crippen MR) is 81.0 cm³/mol. The van der Waals surface area contributed by atoms with Crippen molar-refractivity contribution in [3.05, 3.63) is 36.2 Å². The van der Waals surface area contributed by atoms with E-state index in [-0.39, 0.29) is 11.9 Å². The van der Waals surface area contributed by atoms with Gasteiger partial charge in [0.1, 0.15) is 11.8 Å². The molecule has 1 aromatic carbocycles. The predicted octanol–water partition coefficient (Wildman–Crippen LogP) is 2.14. The third-order valence-electron chi connectivity index (χ3n) is 4.40. The highest BCUT2D eigenvalue weighted by Crippen LogP contribution is 2.39. The van der Waals surface area contributed by atoms with Gasteiger partial charge < -0.3 is 9.64 Å². The minimum absolute atomic E-state index is 0.0525. The number of rotatable bonds is 4. The van der Waals surface area contributed by atoms with Gasteiger partial charge in [0.15, 0.2) is 0 Å². The summed E-state index contributed by atoms with van der Waals surface area (Å²) in [5.41, 5.74) is 1.84. The first-order valence-electron chi connectivity index (χ1n) is 7.64. The highest BCUT2D eigenvalue weighted by Gasteiger charge is 2.36. The monoisotopic (exact) mass is 298 g/mol. The molecule has 2 heterocycles. The van der Waals surface area contributed by atoms with E-state index in [1.807, 2.05) is 30.5 Å². The average Bonchev–Trinajstić information content (AvgIpc) is 3.16. The molecule has 1 saturated heterocycles. The van der Waals surface area contributed by atoms with E-state index in [0.717, 1.165) is 17.8 Å². The van der Waals surface area contributed by atoms with E-state index in [9.17, 15) is 4.79 Å². The molecular formula is C16H18N4O2. The summed E-state index contributed by atoms with van der Waals surface area (Å²) in [6.45, 7) is 0.669. The largest absolute Gasteiger partial charge is 0.495 e. The van der Waals surface area contributed by atoms with Crippen LogP contribution in [-0.2, 0) is 4.79 Å². The Bertz CT molecular complexity index is 708. The van der Waals surface area contributed by atoms with Gasteiger partial charge in [-0.3, -0.25) is 4.79 Å². The molecule has 114 valence electrons. The van der Waals surface area contributed by atoms with Gasteiger partial charge in [-0.15, -0.1) is 5.10 Å². The van der Waals surface area contributed by atoms with Gasteiger partial charge >= 0.3 is 0 Å². The van der Waals surface area contributed by atoms with Gasteiger partial charge in [0.05, 0.1) is 18.5 Å². The fraction of sp³-hybridized carbons (Fsp3) is 0.438. The standard InChI is InChI=1S/C16H18N4O2/c1-22-15-5-3-2-4-13(15)19-9-8-14(16(19)21)20-10-12(17-18-20)11-6-7-11/h2-5,10-11,14H,6-9H2,1H3. The number of benzene rings is 1. The lowest BCUT2D eigenvalue weighted by Crippen LogP contribution is -2.28. The van der Waals surface area contributed by atoms with Crippen molar-refractivity contribution in [3.63, 3.8) is 0 Å². The summed E-state index contributed by atoms with van der Waals surface area (Å²) in [5.74, 6) is 1.32. The Labute approximate surface area is 128 Å². The first kappa shape index (κ1) is 13.3. The summed E-state index contributed by atoms with van der Waals surface area (Å²) in [6.07, 6.45) is 5.05. The molecule has 1 unspecified atom stereocenters. The van der Waals surface area contributed by atoms with Crippen LogP contribution < -0.4 is 9.64 Å². The SMILES string of the molecule is COc1ccccc1N1CCC(n2cc(C3CC3)nn2)C1=O. The van der Waals surface area contributed by atoms with Crippen molar-refractivity contribution in [1.29, 1.82) is 0 Å². The van der Waals surface area contributed by atoms with Crippen LogP contribution in [0.5, 0.6) is 5.75 Å². The van der Waals surface area contributed by atoms with Crippen LogP contribution in [0, 0.1) is 0 Å². The third-order valence-corrected chi connectivity index (χ3v) is 4.40. The molecule has 22 heavy (non-hydrogen) atoms. The second-order valence-electron chi connectivity index (χ2n) is 5.86. The number of aromatic nitrogens is 3. The maximum atomic E-state index is 12.8. The summed E-state index contributed by atoms with van der Waals surface area (Å²) in [6, 6.07) is 7.34. The number of amides is 1. The molecule has 1 aromatic heterocycles. The molecule has 0 N–H and O–H groups in total. The Kier molecular flexibility index (Phi) is 3.10. The Hall–Kier alpha value is -2.37. The molecule has 2 aromatic rings. The molecule has 6 heteroatoms. The molecule has 6 nitrogen and oxygen atoms in total. The van der Waals surface area contributed by atoms with Gasteiger partial charge in [-0.1, -0.05) is 17.3 Å². The van der Waals surface area contributed by atoms with Crippen molar-refractivity contribution in [3.8, 4) is 5.75 Å². The number of carbonyl (C=O) groups excluding carboxylic acids is 1. The highest BCUT2D eigenvalue weighted by atomic mass is 16.5. The van der Waals surface area contributed by atoms with Crippen molar-refractivity contribution < 1.29 is 9.53 Å². The number of hydrogen-bond donors (Lipinski definition) is 0. The lowest BCUT2D eigenvalue weighted by Gasteiger charge is -2.19. The summed E-state index contributed by atoms with van der Waals surface area (Å²) in [5, 5.41) is 8.37. The van der Waals surface area contributed by atoms with Crippen LogP contribution >= 0.6 is 0 Å². The van der Waals surface area contributed by atoms with Crippen molar-refractivity contribution >= 4 is 11.6 Å². The number of nitrogens with zero attached hydrogens (tertiary/aromatic N) is 4. The maximum Gasteiger partial charge on any atom is 0.252 e. The fourth-order valence-electron chi connectivity index (χ4n) is 3.01. The summed E-state index contributed by atoms with van der Waals surface area (Å²) < 4.78 is 7.09. The van der Waals surface area contributed by atoms with Crippen LogP contribution in [0.4, 0.5) is 5.69 Å². The zero-order valence-electron chi connectivity index (χ0n) is 12.5. The second kappa shape index (κ2) is 5.12. The lowest BCUT2D eigenvalue weighted by molar-refractivity contribution is -0.120. The molecule has 1 atom stereocenters. The van der Waals surface area contributed by atoms with Gasteiger partial charge in [0, 0.05) is 18.7 Å². The Morgan fingerprint density at radius 3 is 2.82 bits per heavy atom. The first-order valence-corrected chi connectivity index (χ1v) is 7.64. The van der Waals surface area contributed by atoms with Crippen LogP contribution in [0.3, 0.4) is 0 Å². The van der Waals surface area contributed by atoms with E-state index >= 15 is 0 Å². The minimum atomic E-state index is -0.259. The zero-order chi connectivity index (χ0) is 15.1. The molecule has 1 amide bonds. The van der Waals surface area contributed by atoms with Crippen LogP contribution in [0.25, 0.3) is 0 Å². The number of carbonyl (C=O) groups is 1. The van der Waals surface area contributed by atoms with Gasteiger partial charge in [0.2, 0.25) is 0 Å². The van der Waals surface area contributed by atoms with E-state index in [1.165, 1.54) is 12.8 Å². The minimum Gasteiger partial charge on any atom is -0.495 e. The van der Waals surface area contributed by atoms with E-state index in [0.29, 0.717) is 18.2 Å². The topological polar surface area (TPSA) is 60.2 Å². The molecule has 0 spiro atoms. The molecule has 2 fully saturated rings. The third kappa shape index (κ3) is 2.15. The smallest absolute Gasteiger partial charge is 0.252 e. The van der Waals surface area contributed by atoms with Crippen molar-refractivity contribution in [2.24, 2.45) is 0 Å². The molecule has 0 radical (unpaired) electrons. The lowest BCUT2D eigenvalue weighted by atomic mass is 10.2.